The van der Waals surface area contributed by atoms with Crippen molar-refractivity contribution in [1.29, 1.82) is 0 Å². The van der Waals surface area contributed by atoms with Gasteiger partial charge in [0, 0.05) is 27.3 Å². The van der Waals surface area contributed by atoms with Gasteiger partial charge < -0.3 is 4.90 Å². The number of sulfonamides is 1. The number of carbonyl (C=O) groups excluding carboxylic acids is 1. The van der Waals surface area contributed by atoms with E-state index in [1.54, 1.807) is 36.7 Å². The van der Waals surface area contributed by atoms with Crippen LogP contribution in [0.2, 0.25) is 0 Å². The highest BCUT2D eigenvalue weighted by molar-refractivity contribution is 8.05. The lowest BCUT2D eigenvalue weighted by Gasteiger charge is -2.33. The molecule has 0 unspecified atom stereocenters. The van der Waals surface area contributed by atoms with Crippen molar-refractivity contribution >= 4 is 27.6 Å². The van der Waals surface area contributed by atoms with Gasteiger partial charge in [0.2, 0.25) is 10.0 Å². The molecule has 2 rings (SSSR count). The summed E-state index contributed by atoms with van der Waals surface area (Å²) in [6, 6.07) is 0. The molecule has 0 bridgehead atoms. The maximum atomic E-state index is 12.2. The molecule has 2 heterocycles. The molecule has 0 saturated carbocycles. The number of ketones is 1. The van der Waals surface area contributed by atoms with Crippen molar-refractivity contribution in [1.82, 2.24) is 9.21 Å². The number of likely N-dealkylation sites (N-methyl/N-ethyl adjacent to an activating group) is 1. The molecule has 1 fully saturated rings. The first-order valence-corrected chi connectivity index (χ1v) is 7.52. The molecule has 7 heteroatoms. The van der Waals surface area contributed by atoms with Crippen molar-refractivity contribution in [2.45, 2.75) is 10.5 Å². The Balaban J connectivity index is 2.50. The molecule has 0 aliphatic carbocycles. The zero-order valence-corrected chi connectivity index (χ0v) is 11.5. The average Bonchev–Trinajstić information content (AvgIpc) is 2.71. The molecule has 1 saturated heterocycles. The third-order valence-electron chi connectivity index (χ3n) is 2.75. The van der Waals surface area contributed by atoms with Crippen LogP contribution < -0.4 is 0 Å². The summed E-state index contributed by atoms with van der Waals surface area (Å²) in [7, 11) is 1.48. The highest BCUT2D eigenvalue weighted by Crippen LogP contribution is 2.38. The summed E-state index contributed by atoms with van der Waals surface area (Å²) in [6.07, 6.45) is 3.14. The van der Waals surface area contributed by atoms with Gasteiger partial charge in [0.1, 0.15) is 10.9 Å². The summed E-state index contributed by atoms with van der Waals surface area (Å²) >= 11 is 1.27. The maximum absolute atomic E-state index is 12.2. The van der Waals surface area contributed by atoms with Crippen molar-refractivity contribution in [3.05, 3.63) is 23.4 Å². The maximum Gasteiger partial charge on any atom is 0.243 e. The van der Waals surface area contributed by atoms with E-state index in [9.17, 15) is 13.2 Å². The average molecular weight is 274 g/mol. The molecule has 5 nitrogen and oxygen atoms in total. The number of fused-ring (bicyclic) bond motifs is 1. The van der Waals surface area contributed by atoms with Gasteiger partial charge in [0.15, 0.2) is 5.78 Å². The summed E-state index contributed by atoms with van der Waals surface area (Å²) in [4.78, 5) is 13.9. The fourth-order valence-corrected chi connectivity index (χ4v) is 4.98. The van der Waals surface area contributed by atoms with Gasteiger partial charge >= 0.3 is 0 Å². The minimum absolute atomic E-state index is 0.129. The Bertz CT molecular complexity index is 508. The van der Waals surface area contributed by atoms with Crippen LogP contribution in [0.4, 0.5) is 0 Å². The third-order valence-corrected chi connectivity index (χ3v) is 6.11. The van der Waals surface area contributed by atoms with Crippen molar-refractivity contribution in [3.63, 3.8) is 0 Å². The Hall–Kier alpha value is -0.950. The Morgan fingerprint density at radius 3 is 2.71 bits per heavy atom. The topological polar surface area (TPSA) is 57.7 Å². The molecule has 17 heavy (non-hydrogen) atoms. The van der Waals surface area contributed by atoms with Crippen LogP contribution in [-0.2, 0) is 14.8 Å². The molecule has 0 amide bonds. The van der Waals surface area contributed by atoms with Crippen molar-refractivity contribution in [3.8, 4) is 0 Å². The molecule has 0 aromatic heterocycles. The number of allylic oxidation sites excluding steroid dienone is 1. The molecule has 2 atom stereocenters. The lowest BCUT2D eigenvalue weighted by molar-refractivity contribution is -0.116. The Kier molecular flexibility index (Phi) is 2.99. The third kappa shape index (κ3) is 1.87. The van der Waals surface area contributed by atoms with E-state index in [-0.39, 0.29) is 11.5 Å². The van der Waals surface area contributed by atoms with Gasteiger partial charge in [0.25, 0.3) is 0 Å². The number of Topliss-reactive ketones (excluding diaryl/α,β-unsaturated/α-hetero) is 1. The summed E-state index contributed by atoms with van der Waals surface area (Å²) < 4.78 is 25.5. The van der Waals surface area contributed by atoms with Gasteiger partial charge in [-0.15, -0.1) is 11.8 Å². The summed E-state index contributed by atoms with van der Waals surface area (Å²) in [5.74, 6) is -0.129. The zero-order chi connectivity index (χ0) is 12.8. The SMILES string of the molecule is CN(C)/C=C1\C(=O)[C@@H]2SC=C[C@H]2S(=O)(=O)N1C. The number of thioether (sulfide) groups is 1. The van der Waals surface area contributed by atoms with Gasteiger partial charge in [-0.2, -0.15) is 0 Å². The van der Waals surface area contributed by atoms with E-state index in [4.69, 9.17) is 0 Å². The second-order valence-electron chi connectivity index (χ2n) is 4.20. The first-order valence-electron chi connectivity index (χ1n) is 5.08. The van der Waals surface area contributed by atoms with E-state index in [0.29, 0.717) is 0 Å². The molecule has 2 aliphatic heterocycles. The number of rotatable bonds is 1. The van der Waals surface area contributed by atoms with E-state index in [1.165, 1.54) is 18.8 Å². The van der Waals surface area contributed by atoms with E-state index < -0.39 is 20.5 Å². The molecule has 0 spiro atoms. The number of hydrogen-bond acceptors (Lipinski definition) is 5. The number of nitrogens with zero attached hydrogens (tertiary/aromatic N) is 2. The van der Waals surface area contributed by atoms with E-state index in [0.717, 1.165) is 4.31 Å². The molecule has 0 aromatic rings. The minimum Gasteiger partial charge on any atom is -0.382 e. The lowest BCUT2D eigenvalue weighted by atomic mass is 10.1. The second kappa shape index (κ2) is 4.06. The Morgan fingerprint density at radius 2 is 2.12 bits per heavy atom. The van der Waals surface area contributed by atoms with Crippen LogP contribution in [0.5, 0.6) is 0 Å². The fourth-order valence-electron chi connectivity index (χ4n) is 1.86. The predicted molar refractivity (Wildman–Crippen MR) is 67.8 cm³/mol. The molecule has 94 valence electrons. The van der Waals surface area contributed by atoms with Crippen LogP contribution in [0, 0.1) is 0 Å². The highest BCUT2D eigenvalue weighted by Gasteiger charge is 2.49. The number of hydrogen-bond donors (Lipinski definition) is 0. The van der Waals surface area contributed by atoms with Crippen LogP contribution in [0.25, 0.3) is 0 Å². The van der Waals surface area contributed by atoms with Gasteiger partial charge in [-0.25, -0.2) is 8.42 Å². The monoisotopic (exact) mass is 274 g/mol. The second-order valence-corrected chi connectivity index (χ2v) is 7.38. The van der Waals surface area contributed by atoms with Crippen LogP contribution >= 0.6 is 11.8 Å². The summed E-state index contributed by atoms with van der Waals surface area (Å²) in [5.41, 5.74) is 0.229. The van der Waals surface area contributed by atoms with E-state index in [1.807, 2.05) is 0 Å². The molecule has 0 aromatic carbocycles. The first-order chi connectivity index (χ1) is 7.85. The van der Waals surface area contributed by atoms with E-state index in [2.05, 4.69) is 0 Å². The molecular weight excluding hydrogens is 260 g/mol. The van der Waals surface area contributed by atoms with Crippen LogP contribution in [0.15, 0.2) is 23.4 Å². The lowest BCUT2D eigenvalue weighted by Crippen LogP contribution is -2.50. The molecule has 0 radical (unpaired) electrons. The Labute approximate surface area is 105 Å². The highest BCUT2D eigenvalue weighted by atomic mass is 32.2. The molecular formula is C10H14N2O3S2. The quantitative estimate of drug-likeness (QED) is 0.641. The van der Waals surface area contributed by atoms with Crippen molar-refractivity contribution < 1.29 is 13.2 Å². The Morgan fingerprint density at radius 1 is 1.47 bits per heavy atom. The first kappa shape index (κ1) is 12.5. The van der Waals surface area contributed by atoms with Crippen LogP contribution in [-0.4, -0.2) is 55.0 Å². The largest absolute Gasteiger partial charge is 0.382 e. The van der Waals surface area contributed by atoms with Gasteiger partial charge in [-0.1, -0.05) is 6.08 Å². The molecule has 0 N–H and O–H groups in total. The summed E-state index contributed by atoms with van der Waals surface area (Å²) in [6.45, 7) is 0. The van der Waals surface area contributed by atoms with Crippen LogP contribution in [0.3, 0.4) is 0 Å². The van der Waals surface area contributed by atoms with E-state index >= 15 is 0 Å². The van der Waals surface area contributed by atoms with Gasteiger partial charge in [-0.05, 0) is 5.41 Å². The summed E-state index contributed by atoms with van der Waals surface area (Å²) in [5, 5.41) is 0.448. The number of carbonyl (C=O) groups is 1. The van der Waals surface area contributed by atoms with Crippen LogP contribution in [0.1, 0.15) is 0 Å². The zero-order valence-electron chi connectivity index (χ0n) is 9.82. The van der Waals surface area contributed by atoms with Gasteiger partial charge in [0.05, 0.1) is 5.25 Å². The normalized spacial score (nSPS) is 33.0. The predicted octanol–water partition coefficient (Wildman–Crippen LogP) is 0.231. The minimum atomic E-state index is -3.46. The standard InChI is InChI=1S/C10H14N2O3S2/c1-11(2)6-7-9(13)10-8(4-5-16-10)17(14,15)12(7)3/h4-6,8,10H,1-3H3/b7-6+/t8-,10-/m1/s1. The molecule has 2 aliphatic rings. The van der Waals surface area contributed by atoms with Crippen molar-refractivity contribution in [2.24, 2.45) is 0 Å². The smallest absolute Gasteiger partial charge is 0.243 e. The van der Waals surface area contributed by atoms with Gasteiger partial charge in [-0.3, -0.25) is 9.10 Å². The fraction of sp³-hybridized carbons (Fsp3) is 0.500. The van der Waals surface area contributed by atoms with Crippen molar-refractivity contribution in [2.75, 3.05) is 21.1 Å².